The van der Waals surface area contributed by atoms with E-state index >= 15 is 0 Å². The molecule has 3 N–H and O–H groups in total. The van der Waals surface area contributed by atoms with Crippen LogP contribution in [0.25, 0.3) is 0 Å². The Hall–Kier alpha value is -2.49. The Labute approximate surface area is 139 Å². The van der Waals surface area contributed by atoms with Gasteiger partial charge in [-0.25, -0.2) is 14.4 Å². The van der Waals surface area contributed by atoms with Crippen LogP contribution < -0.4 is 0 Å². The zero-order valence-electron chi connectivity index (χ0n) is 13.1. The number of rotatable bonds is 7. The van der Waals surface area contributed by atoms with Gasteiger partial charge in [-0.1, -0.05) is 19.7 Å². The van der Waals surface area contributed by atoms with Crippen molar-refractivity contribution in [2.45, 2.75) is 12.2 Å². The molecule has 136 valence electrons. The van der Waals surface area contributed by atoms with E-state index in [9.17, 15) is 14.4 Å². The van der Waals surface area contributed by atoms with Crippen LogP contribution in [-0.4, -0.2) is 71.9 Å². The van der Waals surface area contributed by atoms with Gasteiger partial charge >= 0.3 is 17.9 Å². The van der Waals surface area contributed by atoms with Gasteiger partial charge in [0.1, 0.15) is 12.2 Å². The van der Waals surface area contributed by atoms with Crippen molar-refractivity contribution in [2.24, 2.45) is 0 Å². The highest BCUT2D eigenvalue weighted by Gasteiger charge is 2.26. The molecule has 9 heteroatoms. The van der Waals surface area contributed by atoms with Gasteiger partial charge in [-0.2, -0.15) is 0 Å². The number of aliphatic carboxylic acids is 3. The zero-order chi connectivity index (χ0) is 19.0. The molecule has 0 aromatic heterocycles. The Morgan fingerprint density at radius 1 is 0.833 bits per heavy atom. The maximum atomic E-state index is 9.25. The number of ether oxygens (including phenoxy) is 3. The average Bonchev–Trinajstić information content (AvgIpc) is 3.44. The van der Waals surface area contributed by atoms with Gasteiger partial charge in [-0.05, 0) is 0 Å². The van der Waals surface area contributed by atoms with E-state index in [1.165, 1.54) is 0 Å². The number of carbonyl (C=O) groups is 3. The van der Waals surface area contributed by atoms with Crippen LogP contribution in [0, 0.1) is 0 Å². The van der Waals surface area contributed by atoms with E-state index < -0.39 is 17.9 Å². The van der Waals surface area contributed by atoms with Crippen LogP contribution in [0.15, 0.2) is 38.0 Å². The Morgan fingerprint density at radius 3 is 1.17 bits per heavy atom. The third-order valence-corrected chi connectivity index (χ3v) is 1.94. The van der Waals surface area contributed by atoms with Gasteiger partial charge in [-0.15, -0.1) is 0 Å². The van der Waals surface area contributed by atoms with Crippen molar-refractivity contribution in [3.63, 3.8) is 0 Å². The predicted molar refractivity (Wildman–Crippen MR) is 83.8 cm³/mol. The minimum Gasteiger partial charge on any atom is -0.478 e. The lowest BCUT2D eigenvalue weighted by Crippen LogP contribution is -2.06. The second-order valence-corrected chi connectivity index (χ2v) is 4.08. The Balaban J connectivity index is 0. The van der Waals surface area contributed by atoms with Gasteiger partial charge < -0.3 is 29.5 Å². The molecule has 0 aromatic carbocycles. The molecule has 24 heavy (non-hydrogen) atoms. The van der Waals surface area contributed by atoms with E-state index in [0.717, 1.165) is 44.7 Å². The maximum Gasteiger partial charge on any atom is 0.327 e. The third kappa shape index (κ3) is 27.8. The Bertz CT molecular complexity index is 368. The lowest BCUT2D eigenvalue weighted by atomic mass is 10.5. The number of hydrogen-bond donors (Lipinski definition) is 3. The van der Waals surface area contributed by atoms with E-state index in [4.69, 9.17) is 29.5 Å². The average molecular weight is 346 g/mol. The first-order valence-corrected chi connectivity index (χ1v) is 6.63. The molecule has 2 saturated heterocycles. The summed E-state index contributed by atoms with van der Waals surface area (Å²) in [4.78, 5) is 27.8. The highest BCUT2D eigenvalue weighted by molar-refractivity contribution is 5.79. The van der Waals surface area contributed by atoms with Crippen molar-refractivity contribution in [3.05, 3.63) is 38.0 Å². The summed E-state index contributed by atoms with van der Waals surface area (Å²) in [5, 5.41) is 22.8. The molecule has 0 bridgehead atoms. The van der Waals surface area contributed by atoms with E-state index in [0.29, 0.717) is 12.2 Å². The summed E-state index contributed by atoms with van der Waals surface area (Å²) in [6.45, 7) is 12.1. The minimum atomic E-state index is -0.981. The van der Waals surface area contributed by atoms with Crippen molar-refractivity contribution < 1.29 is 43.9 Å². The first kappa shape index (κ1) is 23.8. The molecule has 2 unspecified atom stereocenters. The van der Waals surface area contributed by atoms with Gasteiger partial charge in [-0.3, -0.25) is 0 Å². The number of carboxylic acid groups (broad SMARTS) is 3. The third-order valence-electron chi connectivity index (χ3n) is 1.94. The first-order chi connectivity index (χ1) is 11.3. The van der Waals surface area contributed by atoms with E-state index in [-0.39, 0.29) is 0 Å². The van der Waals surface area contributed by atoms with Crippen LogP contribution in [0.3, 0.4) is 0 Å². The summed E-state index contributed by atoms with van der Waals surface area (Å²) in [7, 11) is 0. The molecule has 0 amide bonds. The molecular formula is C15H22O9. The fourth-order valence-electron chi connectivity index (χ4n) is 0.659. The largest absolute Gasteiger partial charge is 0.478 e. The van der Waals surface area contributed by atoms with Crippen molar-refractivity contribution in [1.82, 2.24) is 0 Å². The molecule has 0 radical (unpaired) electrons. The number of epoxide rings is 2. The van der Waals surface area contributed by atoms with Crippen LogP contribution >= 0.6 is 0 Å². The number of hydrogen-bond acceptors (Lipinski definition) is 6. The highest BCUT2D eigenvalue weighted by atomic mass is 16.6. The summed E-state index contributed by atoms with van der Waals surface area (Å²) in [6, 6.07) is 0. The van der Waals surface area contributed by atoms with Crippen molar-refractivity contribution in [2.75, 3.05) is 26.4 Å². The highest BCUT2D eigenvalue weighted by Crippen LogP contribution is 2.12. The maximum absolute atomic E-state index is 9.25. The summed E-state index contributed by atoms with van der Waals surface area (Å²) < 4.78 is 15.1. The van der Waals surface area contributed by atoms with Gasteiger partial charge in [0.2, 0.25) is 0 Å². The molecule has 2 aliphatic heterocycles. The van der Waals surface area contributed by atoms with E-state index in [2.05, 4.69) is 19.7 Å². The topological polar surface area (TPSA) is 146 Å². The van der Waals surface area contributed by atoms with Crippen molar-refractivity contribution in [3.8, 4) is 0 Å². The standard InChI is InChI=1S/C6H10O3.3C3H4O2/c1(5-3-8-5)7-2-6-4-9-6;3*1-2-3(4)5/h5-6H,1-4H2;3*2H,1H2,(H,4,5). The predicted octanol–water partition coefficient (Wildman–Crippen LogP) is 0.572. The molecule has 2 fully saturated rings. The SMILES string of the molecule is C(OCC1CO1)C1CO1.C=CC(=O)O.C=CC(=O)O.C=CC(=O)O. The quantitative estimate of drug-likeness (QED) is 0.444. The smallest absolute Gasteiger partial charge is 0.327 e. The summed E-state index contributed by atoms with van der Waals surface area (Å²) in [5.41, 5.74) is 0. The first-order valence-electron chi connectivity index (χ1n) is 6.63. The van der Waals surface area contributed by atoms with Gasteiger partial charge in [0, 0.05) is 18.2 Å². The van der Waals surface area contributed by atoms with E-state index in [1.807, 2.05) is 0 Å². The molecule has 0 saturated carbocycles. The fraction of sp³-hybridized carbons (Fsp3) is 0.400. The second kappa shape index (κ2) is 15.4. The lowest BCUT2D eigenvalue weighted by Gasteiger charge is -1.95. The summed E-state index contributed by atoms with van der Waals surface area (Å²) >= 11 is 0. The van der Waals surface area contributed by atoms with Crippen LogP contribution in [0.1, 0.15) is 0 Å². The molecule has 0 spiro atoms. The second-order valence-electron chi connectivity index (χ2n) is 4.08. The van der Waals surface area contributed by atoms with Crippen LogP contribution in [-0.2, 0) is 28.6 Å². The molecule has 2 atom stereocenters. The lowest BCUT2D eigenvalue weighted by molar-refractivity contribution is -0.132. The summed E-state index contributed by atoms with van der Waals surface area (Å²) in [5.74, 6) is -2.94. The minimum absolute atomic E-state index is 0.392. The Kier molecular flexibility index (Phi) is 15.3. The van der Waals surface area contributed by atoms with Crippen molar-refractivity contribution >= 4 is 17.9 Å². The van der Waals surface area contributed by atoms with Gasteiger partial charge in [0.15, 0.2) is 0 Å². The molecular weight excluding hydrogens is 324 g/mol. The van der Waals surface area contributed by atoms with Gasteiger partial charge in [0.05, 0.1) is 26.4 Å². The van der Waals surface area contributed by atoms with Crippen LogP contribution in [0.5, 0.6) is 0 Å². The van der Waals surface area contributed by atoms with E-state index in [1.54, 1.807) is 0 Å². The van der Waals surface area contributed by atoms with Crippen LogP contribution in [0.2, 0.25) is 0 Å². The molecule has 2 aliphatic rings. The summed E-state index contributed by atoms with van der Waals surface area (Å²) in [6.07, 6.45) is 3.28. The molecule has 2 rings (SSSR count). The normalized spacial score (nSPS) is 18.5. The number of carboxylic acids is 3. The molecule has 0 aromatic rings. The molecule has 9 nitrogen and oxygen atoms in total. The molecule has 2 heterocycles. The Morgan fingerprint density at radius 2 is 1.04 bits per heavy atom. The zero-order valence-corrected chi connectivity index (χ0v) is 13.1. The molecule has 0 aliphatic carbocycles. The van der Waals surface area contributed by atoms with Crippen molar-refractivity contribution in [1.29, 1.82) is 0 Å². The fourth-order valence-corrected chi connectivity index (χ4v) is 0.659. The van der Waals surface area contributed by atoms with Crippen LogP contribution in [0.4, 0.5) is 0 Å². The van der Waals surface area contributed by atoms with Gasteiger partial charge in [0.25, 0.3) is 0 Å². The monoisotopic (exact) mass is 346 g/mol.